The van der Waals surface area contributed by atoms with Gasteiger partial charge in [-0.25, -0.2) is 0 Å². The SMILES string of the molecule is CCN/C(=C\C(=O)N(CC)C(=O)c1ccccc1)OCC. The molecular formula is C16H22N2O3. The van der Waals surface area contributed by atoms with Crippen molar-refractivity contribution in [2.75, 3.05) is 19.7 Å². The Labute approximate surface area is 125 Å². The number of rotatable bonds is 7. The minimum atomic E-state index is -0.393. The molecule has 0 heterocycles. The Hall–Kier alpha value is -2.30. The van der Waals surface area contributed by atoms with Crippen molar-refractivity contribution in [1.29, 1.82) is 0 Å². The molecule has 0 aliphatic heterocycles. The summed E-state index contributed by atoms with van der Waals surface area (Å²) in [4.78, 5) is 25.8. The van der Waals surface area contributed by atoms with Gasteiger partial charge in [0.15, 0.2) is 5.88 Å². The van der Waals surface area contributed by atoms with Crippen LogP contribution in [0.25, 0.3) is 0 Å². The lowest BCUT2D eigenvalue weighted by Crippen LogP contribution is -2.36. The van der Waals surface area contributed by atoms with Gasteiger partial charge in [-0.1, -0.05) is 18.2 Å². The van der Waals surface area contributed by atoms with E-state index >= 15 is 0 Å². The van der Waals surface area contributed by atoms with Crippen molar-refractivity contribution in [1.82, 2.24) is 10.2 Å². The molecule has 0 atom stereocenters. The van der Waals surface area contributed by atoms with Crippen molar-refractivity contribution in [3.05, 3.63) is 47.9 Å². The molecule has 0 saturated heterocycles. The Bertz CT molecular complexity index is 490. The molecule has 2 amide bonds. The summed E-state index contributed by atoms with van der Waals surface area (Å²) >= 11 is 0. The van der Waals surface area contributed by atoms with E-state index in [-0.39, 0.29) is 5.91 Å². The van der Waals surface area contributed by atoms with Crippen LogP contribution in [0.4, 0.5) is 0 Å². The van der Waals surface area contributed by atoms with Crippen LogP contribution in [0.15, 0.2) is 42.3 Å². The smallest absolute Gasteiger partial charge is 0.260 e. The molecule has 0 bridgehead atoms. The van der Waals surface area contributed by atoms with Crippen LogP contribution < -0.4 is 5.32 Å². The topological polar surface area (TPSA) is 58.6 Å². The van der Waals surface area contributed by atoms with Gasteiger partial charge in [0.05, 0.1) is 12.7 Å². The van der Waals surface area contributed by atoms with Gasteiger partial charge in [0.2, 0.25) is 0 Å². The van der Waals surface area contributed by atoms with Gasteiger partial charge in [-0.15, -0.1) is 0 Å². The van der Waals surface area contributed by atoms with Crippen LogP contribution in [-0.2, 0) is 9.53 Å². The van der Waals surface area contributed by atoms with Crippen LogP contribution in [0.1, 0.15) is 31.1 Å². The van der Waals surface area contributed by atoms with Crippen LogP contribution in [0.5, 0.6) is 0 Å². The quantitative estimate of drug-likeness (QED) is 0.617. The Kier molecular flexibility index (Phi) is 7.01. The van der Waals surface area contributed by atoms with Crippen LogP contribution in [0, 0.1) is 0 Å². The van der Waals surface area contributed by atoms with E-state index in [1.807, 2.05) is 19.9 Å². The van der Waals surface area contributed by atoms with Crippen LogP contribution in [0.2, 0.25) is 0 Å². The van der Waals surface area contributed by atoms with Gasteiger partial charge in [-0.3, -0.25) is 14.5 Å². The highest BCUT2D eigenvalue weighted by Crippen LogP contribution is 2.06. The minimum Gasteiger partial charge on any atom is -0.479 e. The predicted octanol–water partition coefficient (Wildman–Crippen LogP) is 2.16. The molecule has 1 aromatic carbocycles. The largest absolute Gasteiger partial charge is 0.479 e. The van der Waals surface area contributed by atoms with E-state index in [0.717, 1.165) is 0 Å². The monoisotopic (exact) mass is 290 g/mol. The molecule has 114 valence electrons. The molecular weight excluding hydrogens is 268 g/mol. The van der Waals surface area contributed by atoms with Gasteiger partial charge in [0.1, 0.15) is 0 Å². The Balaban J connectivity index is 2.90. The van der Waals surface area contributed by atoms with Crippen LogP contribution in [0.3, 0.4) is 0 Å². The first kappa shape index (κ1) is 16.8. The van der Waals surface area contributed by atoms with E-state index in [9.17, 15) is 9.59 Å². The molecule has 0 aliphatic carbocycles. The number of nitrogens with one attached hydrogen (secondary N) is 1. The maximum absolute atomic E-state index is 12.3. The van der Waals surface area contributed by atoms with Gasteiger partial charge in [-0.2, -0.15) is 0 Å². The van der Waals surface area contributed by atoms with Gasteiger partial charge in [-0.05, 0) is 32.9 Å². The Morgan fingerprint density at radius 3 is 2.38 bits per heavy atom. The van der Waals surface area contributed by atoms with Crippen molar-refractivity contribution >= 4 is 11.8 Å². The molecule has 0 aromatic heterocycles. The van der Waals surface area contributed by atoms with Gasteiger partial charge in [0, 0.05) is 18.7 Å². The zero-order chi connectivity index (χ0) is 15.7. The molecule has 5 heteroatoms. The number of amides is 2. The third-order valence-electron chi connectivity index (χ3n) is 2.75. The standard InChI is InChI=1S/C16H22N2O3/c1-4-17-14(21-6-3)12-15(19)18(5-2)16(20)13-10-8-7-9-11-13/h7-12,17H,4-6H2,1-3H3/b14-12+. The van der Waals surface area contributed by atoms with Crippen molar-refractivity contribution in [2.45, 2.75) is 20.8 Å². The number of carbonyl (C=O) groups excluding carboxylic acids is 2. The van der Waals surface area contributed by atoms with Crippen molar-refractivity contribution in [2.24, 2.45) is 0 Å². The zero-order valence-corrected chi connectivity index (χ0v) is 12.8. The molecule has 0 aliphatic rings. The highest BCUT2D eigenvalue weighted by Gasteiger charge is 2.20. The van der Waals surface area contributed by atoms with Gasteiger partial charge in [0.25, 0.3) is 11.8 Å². The molecule has 0 spiro atoms. The summed E-state index contributed by atoms with van der Waals surface area (Å²) < 4.78 is 5.32. The number of ether oxygens (including phenoxy) is 1. The number of benzene rings is 1. The molecule has 0 unspecified atom stereocenters. The minimum absolute atomic E-state index is 0.300. The lowest BCUT2D eigenvalue weighted by atomic mass is 10.2. The second kappa shape index (κ2) is 8.79. The van der Waals surface area contributed by atoms with E-state index in [0.29, 0.717) is 31.1 Å². The van der Waals surface area contributed by atoms with E-state index in [1.165, 1.54) is 11.0 Å². The Morgan fingerprint density at radius 2 is 1.86 bits per heavy atom. The summed E-state index contributed by atoms with van der Waals surface area (Å²) in [6.07, 6.45) is 1.32. The second-order valence-electron chi connectivity index (χ2n) is 4.23. The van der Waals surface area contributed by atoms with Crippen molar-refractivity contribution in [3.63, 3.8) is 0 Å². The first-order valence-corrected chi connectivity index (χ1v) is 7.13. The third kappa shape index (κ3) is 4.95. The summed E-state index contributed by atoms with van der Waals surface area (Å²) in [5.41, 5.74) is 0.488. The van der Waals surface area contributed by atoms with E-state index in [4.69, 9.17) is 4.74 Å². The van der Waals surface area contributed by atoms with E-state index in [1.54, 1.807) is 31.2 Å². The molecule has 0 radical (unpaired) electrons. The normalized spacial score (nSPS) is 10.9. The maximum atomic E-state index is 12.3. The first-order valence-electron chi connectivity index (χ1n) is 7.13. The molecule has 1 rings (SSSR count). The number of hydrogen-bond acceptors (Lipinski definition) is 4. The molecule has 0 saturated carbocycles. The van der Waals surface area contributed by atoms with Gasteiger partial charge < -0.3 is 10.1 Å². The number of nitrogens with zero attached hydrogens (tertiary/aromatic N) is 1. The fraction of sp³-hybridized carbons (Fsp3) is 0.375. The summed E-state index contributed by atoms with van der Waals surface area (Å²) in [6.45, 7) is 6.89. The molecule has 1 N–H and O–H groups in total. The zero-order valence-electron chi connectivity index (χ0n) is 12.8. The van der Waals surface area contributed by atoms with Crippen molar-refractivity contribution < 1.29 is 14.3 Å². The van der Waals surface area contributed by atoms with Gasteiger partial charge >= 0.3 is 0 Å². The maximum Gasteiger partial charge on any atom is 0.260 e. The summed E-state index contributed by atoms with van der Waals surface area (Å²) in [5.74, 6) is -0.327. The second-order valence-corrected chi connectivity index (χ2v) is 4.23. The van der Waals surface area contributed by atoms with Crippen molar-refractivity contribution in [3.8, 4) is 0 Å². The average Bonchev–Trinajstić information content (AvgIpc) is 2.49. The summed E-state index contributed by atoms with van der Waals surface area (Å²) in [6, 6.07) is 8.75. The van der Waals surface area contributed by atoms with E-state index in [2.05, 4.69) is 5.32 Å². The average molecular weight is 290 g/mol. The highest BCUT2D eigenvalue weighted by molar-refractivity contribution is 6.08. The lowest BCUT2D eigenvalue weighted by Gasteiger charge is -2.18. The third-order valence-corrected chi connectivity index (χ3v) is 2.75. The van der Waals surface area contributed by atoms with Crippen LogP contribution >= 0.6 is 0 Å². The lowest BCUT2D eigenvalue weighted by molar-refractivity contribution is -0.123. The summed E-state index contributed by atoms with van der Waals surface area (Å²) in [5, 5.41) is 2.95. The fourth-order valence-electron chi connectivity index (χ4n) is 1.80. The fourth-order valence-corrected chi connectivity index (χ4v) is 1.80. The number of imide groups is 1. The Morgan fingerprint density at radius 1 is 1.19 bits per heavy atom. The van der Waals surface area contributed by atoms with E-state index < -0.39 is 5.91 Å². The molecule has 21 heavy (non-hydrogen) atoms. The number of carbonyl (C=O) groups is 2. The highest BCUT2D eigenvalue weighted by atomic mass is 16.5. The molecule has 5 nitrogen and oxygen atoms in total. The number of hydrogen-bond donors (Lipinski definition) is 1. The molecule has 1 aromatic rings. The first-order chi connectivity index (χ1) is 10.1. The predicted molar refractivity (Wildman–Crippen MR) is 81.5 cm³/mol. The molecule has 0 fully saturated rings. The number of likely N-dealkylation sites (N-methyl/N-ethyl adjacent to an activating group) is 1. The summed E-state index contributed by atoms with van der Waals surface area (Å²) in [7, 11) is 0. The van der Waals surface area contributed by atoms with Crippen LogP contribution in [-0.4, -0.2) is 36.4 Å².